The first-order valence-electron chi connectivity index (χ1n) is 11.0. The summed E-state index contributed by atoms with van der Waals surface area (Å²) in [5, 5.41) is 23.2. The van der Waals surface area contributed by atoms with E-state index >= 15 is 0 Å². The molecule has 0 radical (unpaired) electrons. The van der Waals surface area contributed by atoms with E-state index in [0.717, 1.165) is 35.8 Å². The predicted octanol–water partition coefficient (Wildman–Crippen LogP) is 4.16. The first-order valence-corrected chi connectivity index (χ1v) is 11.0. The van der Waals surface area contributed by atoms with E-state index in [1.54, 1.807) is 19.2 Å². The van der Waals surface area contributed by atoms with Gasteiger partial charge in [0.1, 0.15) is 11.6 Å². The first kappa shape index (κ1) is 21.9. The standard InChI is InChI=1S/C25H30N4O3/c1-16-13-17(23-21(15-30)24(26)29(28-23)19-7-3-4-8-19)11-12-18(16)14-27-25(31)20-9-5-6-10-22(20)32-2/h5-6,9-13,15,19,23,26,28,30H,3-4,7-8,14H2,1-2H3,(H,27,31). The van der Waals surface area contributed by atoms with E-state index in [9.17, 15) is 9.90 Å². The summed E-state index contributed by atoms with van der Waals surface area (Å²) >= 11 is 0. The van der Waals surface area contributed by atoms with Crippen LogP contribution in [0.5, 0.6) is 5.75 Å². The van der Waals surface area contributed by atoms with Crippen LogP contribution in [0.15, 0.2) is 54.3 Å². The predicted molar refractivity (Wildman–Crippen MR) is 124 cm³/mol. The van der Waals surface area contributed by atoms with Gasteiger partial charge in [-0.15, -0.1) is 0 Å². The van der Waals surface area contributed by atoms with Gasteiger partial charge >= 0.3 is 0 Å². The lowest BCUT2D eigenvalue weighted by molar-refractivity contribution is 0.0948. The van der Waals surface area contributed by atoms with Crippen molar-refractivity contribution in [3.8, 4) is 5.75 Å². The highest BCUT2D eigenvalue weighted by Gasteiger charge is 2.38. The van der Waals surface area contributed by atoms with Crippen molar-refractivity contribution < 1.29 is 14.6 Å². The highest BCUT2D eigenvalue weighted by atomic mass is 16.5. The van der Waals surface area contributed by atoms with E-state index in [-0.39, 0.29) is 11.9 Å². The maximum atomic E-state index is 12.6. The summed E-state index contributed by atoms with van der Waals surface area (Å²) in [4.78, 5) is 12.6. The molecule has 0 spiro atoms. The summed E-state index contributed by atoms with van der Waals surface area (Å²) < 4.78 is 5.27. The van der Waals surface area contributed by atoms with E-state index in [1.165, 1.54) is 12.8 Å². The molecule has 0 bridgehead atoms. The number of hydrazine groups is 1. The number of hydrogen-bond acceptors (Lipinski definition) is 5. The van der Waals surface area contributed by atoms with Crippen LogP contribution in [0.25, 0.3) is 0 Å². The molecule has 1 saturated carbocycles. The Labute approximate surface area is 188 Å². The number of methoxy groups -OCH3 is 1. The molecule has 0 aromatic heterocycles. The monoisotopic (exact) mass is 434 g/mol. The molecule has 2 aromatic rings. The SMILES string of the molecule is COc1ccccc1C(=O)NCc1ccc(C2NN(C3CCCC3)C(=N)C2=CO)cc1C. The number of carbonyl (C=O) groups is 1. The van der Waals surface area contributed by atoms with E-state index in [2.05, 4.69) is 16.8 Å². The van der Waals surface area contributed by atoms with Crippen molar-refractivity contribution in [2.24, 2.45) is 0 Å². The van der Waals surface area contributed by atoms with Crippen LogP contribution in [0, 0.1) is 12.3 Å². The number of benzene rings is 2. The summed E-state index contributed by atoms with van der Waals surface area (Å²) in [6, 6.07) is 13.2. The molecule has 1 saturated heterocycles. The number of aliphatic hydroxyl groups is 1. The smallest absolute Gasteiger partial charge is 0.255 e. The van der Waals surface area contributed by atoms with Gasteiger partial charge in [0.25, 0.3) is 5.91 Å². The van der Waals surface area contributed by atoms with Gasteiger partial charge in [0, 0.05) is 12.6 Å². The average Bonchev–Trinajstić information content (AvgIpc) is 3.45. The molecule has 1 aliphatic heterocycles. The Morgan fingerprint density at radius 3 is 2.72 bits per heavy atom. The van der Waals surface area contributed by atoms with Crippen LogP contribution in [0.2, 0.25) is 0 Å². The summed E-state index contributed by atoms with van der Waals surface area (Å²) in [6.45, 7) is 2.40. The first-order chi connectivity index (χ1) is 15.5. The van der Waals surface area contributed by atoms with Gasteiger partial charge in [-0.2, -0.15) is 0 Å². The van der Waals surface area contributed by atoms with E-state index in [0.29, 0.717) is 35.3 Å². The van der Waals surface area contributed by atoms with Crippen LogP contribution < -0.4 is 15.5 Å². The molecular weight excluding hydrogens is 404 g/mol. The molecule has 1 amide bonds. The molecule has 2 fully saturated rings. The summed E-state index contributed by atoms with van der Waals surface area (Å²) in [5.41, 5.74) is 7.53. The van der Waals surface area contributed by atoms with Gasteiger partial charge in [0.05, 0.1) is 30.6 Å². The maximum Gasteiger partial charge on any atom is 0.255 e. The summed E-state index contributed by atoms with van der Waals surface area (Å²) in [6.07, 6.45) is 5.52. The Morgan fingerprint density at radius 1 is 1.28 bits per heavy atom. The van der Waals surface area contributed by atoms with Crippen molar-refractivity contribution in [3.63, 3.8) is 0 Å². The van der Waals surface area contributed by atoms with Crippen LogP contribution in [0.1, 0.15) is 58.8 Å². The third-order valence-corrected chi connectivity index (χ3v) is 6.41. The maximum absolute atomic E-state index is 12.6. The van der Waals surface area contributed by atoms with E-state index in [4.69, 9.17) is 10.1 Å². The van der Waals surface area contributed by atoms with Crippen LogP contribution in [0.3, 0.4) is 0 Å². The minimum atomic E-state index is -0.260. The number of hydrogen-bond donors (Lipinski definition) is 4. The normalized spacial score (nSPS) is 20.2. The Hall–Kier alpha value is -3.32. The zero-order chi connectivity index (χ0) is 22.7. The number of aliphatic hydroxyl groups excluding tert-OH is 1. The molecule has 168 valence electrons. The molecule has 7 nitrogen and oxygen atoms in total. The molecule has 1 aliphatic carbocycles. The number of ether oxygens (including phenoxy) is 1. The molecule has 32 heavy (non-hydrogen) atoms. The van der Waals surface area contributed by atoms with Crippen molar-refractivity contribution in [3.05, 3.63) is 76.6 Å². The van der Waals surface area contributed by atoms with E-state index < -0.39 is 0 Å². The molecule has 2 aliphatic rings. The number of para-hydroxylation sites is 1. The summed E-state index contributed by atoms with van der Waals surface area (Å²) in [7, 11) is 1.55. The third-order valence-electron chi connectivity index (χ3n) is 6.41. The van der Waals surface area contributed by atoms with Crippen molar-refractivity contribution in [1.29, 1.82) is 5.41 Å². The third kappa shape index (κ3) is 4.21. The summed E-state index contributed by atoms with van der Waals surface area (Å²) in [5.74, 6) is 0.701. The largest absolute Gasteiger partial charge is 0.515 e. The number of aryl methyl sites for hydroxylation is 1. The van der Waals surface area contributed by atoms with Gasteiger partial charge in [-0.05, 0) is 48.6 Å². The van der Waals surface area contributed by atoms with Crippen LogP contribution in [-0.2, 0) is 6.54 Å². The average molecular weight is 435 g/mol. The van der Waals surface area contributed by atoms with Gasteiger partial charge in [0.15, 0.2) is 0 Å². The number of amides is 1. The number of rotatable bonds is 6. The Bertz CT molecular complexity index is 1040. The Kier molecular flexibility index (Phi) is 6.46. The molecule has 1 unspecified atom stereocenters. The molecule has 2 aromatic carbocycles. The van der Waals surface area contributed by atoms with Gasteiger partial charge in [-0.25, -0.2) is 5.43 Å². The molecule has 1 atom stereocenters. The lowest BCUT2D eigenvalue weighted by Crippen LogP contribution is -2.42. The number of amidine groups is 1. The lowest BCUT2D eigenvalue weighted by Gasteiger charge is -2.25. The van der Waals surface area contributed by atoms with Crippen LogP contribution in [0.4, 0.5) is 0 Å². The van der Waals surface area contributed by atoms with Gasteiger partial charge in [-0.1, -0.05) is 43.2 Å². The van der Waals surface area contributed by atoms with Gasteiger partial charge in [-0.3, -0.25) is 15.2 Å². The van der Waals surface area contributed by atoms with Crippen molar-refractivity contribution in [2.75, 3.05) is 7.11 Å². The number of nitrogens with zero attached hydrogens (tertiary/aromatic N) is 1. The minimum absolute atomic E-state index is 0.186. The zero-order valence-electron chi connectivity index (χ0n) is 18.5. The molecule has 4 rings (SSSR count). The van der Waals surface area contributed by atoms with Crippen molar-refractivity contribution >= 4 is 11.7 Å². The van der Waals surface area contributed by atoms with Gasteiger partial charge in [0.2, 0.25) is 0 Å². The Balaban J connectivity index is 1.47. The molecule has 4 N–H and O–H groups in total. The fourth-order valence-electron chi connectivity index (χ4n) is 4.59. The quantitative estimate of drug-likeness (QED) is 0.512. The van der Waals surface area contributed by atoms with Crippen LogP contribution >= 0.6 is 0 Å². The fourth-order valence-corrected chi connectivity index (χ4v) is 4.59. The molecule has 1 heterocycles. The van der Waals surface area contributed by atoms with E-state index in [1.807, 2.05) is 36.2 Å². The second-order valence-electron chi connectivity index (χ2n) is 8.37. The second-order valence-corrected chi connectivity index (χ2v) is 8.37. The molecule has 7 heteroatoms. The number of carbonyl (C=O) groups excluding carboxylic acids is 1. The molecular formula is C25H30N4O3. The van der Waals surface area contributed by atoms with Crippen molar-refractivity contribution in [1.82, 2.24) is 15.8 Å². The highest BCUT2D eigenvalue weighted by Crippen LogP contribution is 2.34. The lowest BCUT2D eigenvalue weighted by atomic mass is 9.96. The van der Waals surface area contributed by atoms with Crippen LogP contribution in [-0.4, -0.2) is 35.0 Å². The fraction of sp³-hybridized carbons (Fsp3) is 0.360. The van der Waals surface area contributed by atoms with Crippen molar-refractivity contribution in [2.45, 2.75) is 51.2 Å². The number of nitrogens with one attached hydrogen (secondary N) is 3. The Morgan fingerprint density at radius 2 is 2.03 bits per heavy atom. The minimum Gasteiger partial charge on any atom is -0.515 e. The topological polar surface area (TPSA) is 97.7 Å². The second kappa shape index (κ2) is 9.44. The van der Waals surface area contributed by atoms with Gasteiger partial charge < -0.3 is 15.2 Å². The highest BCUT2D eigenvalue weighted by molar-refractivity contribution is 5.99. The zero-order valence-corrected chi connectivity index (χ0v) is 18.5.